The van der Waals surface area contributed by atoms with E-state index in [1.165, 1.54) is 0 Å². The van der Waals surface area contributed by atoms with Crippen LogP contribution in [0.5, 0.6) is 0 Å². The van der Waals surface area contributed by atoms with Crippen LogP contribution in [0.4, 0.5) is 0 Å². The minimum atomic E-state index is -0.276. The largest absolute Gasteiger partial charge is 0.344 e. The van der Waals surface area contributed by atoms with Crippen molar-refractivity contribution < 1.29 is 4.79 Å². The molecule has 116 valence electrons. The van der Waals surface area contributed by atoms with Crippen molar-refractivity contribution in [3.63, 3.8) is 0 Å². The van der Waals surface area contributed by atoms with Gasteiger partial charge in [0, 0.05) is 24.0 Å². The van der Waals surface area contributed by atoms with Crippen LogP contribution in [0.25, 0.3) is 0 Å². The lowest BCUT2D eigenvalue weighted by Crippen LogP contribution is -2.44. The van der Waals surface area contributed by atoms with Crippen molar-refractivity contribution in [2.75, 3.05) is 0 Å². The molecule has 5 heteroatoms. The molecule has 1 heterocycles. The Kier molecular flexibility index (Phi) is 4.55. The number of carbonyl (C=O) groups excluding carboxylic acids is 1. The number of nitrogens with zero attached hydrogens (tertiary/aromatic N) is 1. The molecular formula is C17H21N3OS. The Bertz CT molecular complexity index is 606. The summed E-state index contributed by atoms with van der Waals surface area (Å²) in [7, 11) is 0. The monoisotopic (exact) mass is 315 g/mol. The van der Waals surface area contributed by atoms with Gasteiger partial charge in [-0.1, -0.05) is 43.2 Å². The zero-order valence-corrected chi connectivity index (χ0v) is 13.3. The SMILES string of the molecule is NC(CC(=O)NC1(c2nccs2)CCCC1)c1ccccc1. The number of hydrogen-bond acceptors (Lipinski definition) is 4. The molecule has 0 radical (unpaired) electrons. The summed E-state index contributed by atoms with van der Waals surface area (Å²) in [6, 6.07) is 9.50. The molecule has 1 fully saturated rings. The summed E-state index contributed by atoms with van der Waals surface area (Å²) in [4.78, 5) is 16.9. The average Bonchev–Trinajstić information content (AvgIpc) is 3.19. The van der Waals surface area contributed by atoms with Gasteiger partial charge < -0.3 is 11.1 Å². The van der Waals surface area contributed by atoms with Gasteiger partial charge in [-0.2, -0.15) is 0 Å². The molecule has 0 bridgehead atoms. The first-order chi connectivity index (χ1) is 10.7. The Morgan fingerprint density at radius 1 is 1.32 bits per heavy atom. The topological polar surface area (TPSA) is 68.0 Å². The van der Waals surface area contributed by atoms with Gasteiger partial charge in [0.05, 0.1) is 5.54 Å². The molecule has 1 aromatic carbocycles. The highest BCUT2D eigenvalue weighted by atomic mass is 32.1. The van der Waals surface area contributed by atoms with Crippen LogP contribution in [-0.2, 0) is 10.3 Å². The summed E-state index contributed by atoms with van der Waals surface area (Å²) in [5.41, 5.74) is 6.87. The maximum Gasteiger partial charge on any atom is 0.222 e. The summed E-state index contributed by atoms with van der Waals surface area (Å²) >= 11 is 1.62. The summed E-state index contributed by atoms with van der Waals surface area (Å²) in [5.74, 6) is 0.00783. The molecule has 4 nitrogen and oxygen atoms in total. The first-order valence-electron chi connectivity index (χ1n) is 7.71. The fraction of sp³-hybridized carbons (Fsp3) is 0.412. The normalized spacial score (nSPS) is 18.0. The van der Waals surface area contributed by atoms with E-state index in [0.717, 1.165) is 36.3 Å². The number of rotatable bonds is 5. The van der Waals surface area contributed by atoms with E-state index in [9.17, 15) is 4.79 Å². The Morgan fingerprint density at radius 2 is 2.05 bits per heavy atom. The highest BCUT2D eigenvalue weighted by Crippen LogP contribution is 2.39. The molecule has 1 saturated carbocycles. The molecule has 3 N–H and O–H groups in total. The summed E-state index contributed by atoms with van der Waals surface area (Å²) < 4.78 is 0. The number of hydrogen-bond donors (Lipinski definition) is 2. The second-order valence-corrected chi connectivity index (χ2v) is 6.79. The van der Waals surface area contributed by atoms with Crippen LogP contribution in [-0.4, -0.2) is 10.9 Å². The Morgan fingerprint density at radius 3 is 2.68 bits per heavy atom. The van der Waals surface area contributed by atoms with Gasteiger partial charge in [-0.15, -0.1) is 11.3 Å². The maximum atomic E-state index is 12.5. The molecule has 1 amide bonds. The first kappa shape index (κ1) is 15.2. The van der Waals surface area contributed by atoms with Crippen molar-refractivity contribution in [3.8, 4) is 0 Å². The van der Waals surface area contributed by atoms with E-state index in [1.54, 1.807) is 11.3 Å². The smallest absolute Gasteiger partial charge is 0.222 e. The molecule has 1 aromatic heterocycles. The van der Waals surface area contributed by atoms with E-state index in [0.29, 0.717) is 6.42 Å². The van der Waals surface area contributed by atoms with Crippen molar-refractivity contribution >= 4 is 17.2 Å². The van der Waals surface area contributed by atoms with Gasteiger partial charge >= 0.3 is 0 Å². The van der Waals surface area contributed by atoms with Crippen molar-refractivity contribution in [3.05, 3.63) is 52.5 Å². The number of amides is 1. The zero-order chi connectivity index (χ0) is 15.4. The first-order valence-corrected chi connectivity index (χ1v) is 8.59. The van der Waals surface area contributed by atoms with Crippen LogP contribution in [0.2, 0.25) is 0 Å². The van der Waals surface area contributed by atoms with Gasteiger partial charge in [0.2, 0.25) is 5.91 Å². The van der Waals surface area contributed by atoms with Gasteiger partial charge in [-0.05, 0) is 18.4 Å². The highest BCUT2D eigenvalue weighted by molar-refractivity contribution is 7.09. The van der Waals surface area contributed by atoms with Crippen LogP contribution < -0.4 is 11.1 Å². The summed E-state index contributed by atoms with van der Waals surface area (Å²) in [6.07, 6.45) is 6.30. The van der Waals surface area contributed by atoms with Crippen molar-refractivity contribution in [2.45, 2.75) is 43.7 Å². The Hall–Kier alpha value is -1.72. The molecule has 0 aliphatic heterocycles. The highest BCUT2D eigenvalue weighted by Gasteiger charge is 2.39. The van der Waals surface area contributed by atoms with Gasteiger partial charge in [0.15, 0.2) is 0 Å². The minimum Gasteiger partial charge on any atom is -0.344 e. The van der Waals surface area contributed by atoms with Crippen LogP contribution in [0.15, 0.2) is 41.9 Å². The molecule has 22 heavy (non-hydrogen) atoms. The number of thiazole rings is 1. The number of aromatic nitrogens is 1. The van der Waals surface area contributed by atoms with Crippen molar-refractivity contribution in [1.82, 2.24) is 10.3 Å². The molecule has 1 unspecified atom stereocenters. The minimum absolute atomic E-state index is 0.00783. The van der Waals surface area contributed by atoms with E-state index in [4.69, 9.17) is 5.73 Å². The molecule has 2 aromatic rings. The van der Waals surface area contributed by atoms with E-state index >= 15 is 0 Å². The lowest BCUT2D eigenvalue weighted by Gasteiger charge is -2.28. The Labute approximate surface area is 134 Å². The molecule has 3 rings (SSSR count). The Balaban J connectivity index is 1.68. The molecule has 0 saturated heterocycles. The number of nitrogens with two attached hydrogens (primary N) is 1. The molecular weight excluding hydrogens is 294 g/mol. The molecule has 1 aliphatic rings. The fourth-order valence-electron chi connectivity index (χ4n) is 3.17. The fourth-order valence-corrected chi connectivity index (χ4v) is 4.02. The molecule has 1 aliphatic carbocycles. The zero-order valence-electron chi connectivity index (χ0n) is 12.5. The summed E-state index contributed by atoms with van der Waals surface area (Å²) in [5, 5.41) is 6.21. The second kappa shape index (κ2) is 6.58. The lowest BCUT2D eigenvalue weighted by atomic mass is 9.97. The van der Waals surface area contributed by atoms with Gasteiger partial charge in [-0.3, -0.25) is 4.79 Å². The average molecular weight is 315 g/mol. The van der Waals surface area contributed by atoms with Crippen molar-refractivity contribution in [2.24, 2.45) is 5.73 Å². The van der Waals surface area contributed by atoms with E-state index in [2.05, 4.69) is 10.3 Å². The lowest BCUT2D eigenvalue weighted by molar-refractivity contribution is -0.123. The maximum absolute atomic E-state index is 12.5. The molecule has 1 atom stereocenters. The standard InChI is InChI=1S/C17H21N3OS/c18-14(13-6-2-1-3-7-13)12-15(21)20-17(8-4-5-9-17)16-19-10-11-22-16/h1-3,6-7,10-11,14H,4-5,8-9,12,18H2,(H,20,21). The number of nitrogens with one attached hydrogen (secondary N) is 1. The van der Waals surface area contributed by atoms with Gasteiger partial charge in [-0.25, -0.2) is 4.98 Å². The van der Waals surface area contributed by atoms with Crippen molar-refractivity contribution in [1.29, 1.82) is 0 Å². The van der Waals surface area contributed by atoms with E-state index in [-0.39, 0.29) is 17.5 Å². The number of carbonyl (C=O) groups is 1. The quantitative estimate of drug-likeness (QED) is 0.891. The third-order valence-corrected chi connectivity index (χ3v) is 5.29. The van der Waals surface area contributed by atoms with Crippen LogP contribution in [0.1, 0.15) is 48.7 Å². The third-order valence-electron chi connectivity index (χ3n) is 4.31. The van der Waals surface area contributed by atoms with Crippen LogP contribution >= 0.6 is 11.3 Å². The second-order valence-electron chi connectivity index (χ2n) is 5.90. The van der Waals surface area contributed by atoms with Gasteiger partial charge in [0.25, 0.3) is 0 Å². The predicted octanol–water partition coefficient (Wildman–Crippen LogP) is 3.12. The summed E-state index contributed by atoms with van der Waals surface area (Å²) in [6.45, 7) is 0. The molecule has 0 spiro atoms. The number of benzene rings is 1. The van der Waals surface area contributed by atoms with E-state index in [1.807, 2.05) is 41.9 Å². The predicted molar refractivity (Wildman–Crippen MR) is 88.4 cm³/mol. The van der Waals surface area contributed by atoms with Gasteiger partial charge in [0.1, 0.15) is 5.01 Å². The van der Waals surface area contributed by atoms with E-state index < -0.39 is 0 Å². The van der Waals surface area contributed by atoms with Crippen LogP contribution in [0.3, 0.4) is 0 Å². The third kappa shape index (κ3) is 3.20. The van der Waals surface area contributed by atoms with Crippen LogP contribution in [0, 0.1) is 0 Å².